The lowest BCUT2D eigenvalue weighted by Gasteiger charge is -2.32. The van der Waals surface area contributed by atoms with E-state index in [0.717, 1.165) is 49.6 Å². The maximum atomic E-state index is 12.5. The van der Waals surface area contributed by atoms with Gasteiger partial charge in [-0.2, -0.15) is 0 Å². The van der Waals surface area contributed by atoms with Crippen LogP contribution in [0.3, 0.4) is 0 Å². The molecule has 0 radical (unpaired) electrons. The first-order valence-corrected chi connectivity index (χ1v) is 11.1. The van der Waals surface area contributed by atoms with E-state index in [1.807, 2.05) is 31.2 Å². The average molecular weight is 404 g/mol. The normalized spacial score (nSPS) is 16.8. The molecule has 7 heteroatoms. The Balaban J connectivity index is 1.41. The number of rotatable bonds is 8. The van der Waals surface area contributed by atoms with Crippen molar-refractivity contribution in [3.05, 3.63) is 53.5 Å². The Morgan fingerprint density at radius 1 is 1.18 bits per heavy atom. The largest absolute Gasteiger partial charge is 0.455 e. The summed E-state index contributed by atoms with van der Waals surface area (Å²) in [4.78, 5) is 17.8. The summed E-state index contributed by atoms with van der Waals surface area (Å²) < 4.78 is 18.1. The topological polar surface area (TPSA) is 65.8 Å². The number of hydrogen-bond donors (Lipinski definition) is 1. The lowest BCUT2D eigenvalue weighted by Crippen LogP contribution is -2.45. The van der Waals surface area contributed by atoms with Crippen LogP contribution in [0, 0.1) is 6.92 Å². The van der Waals surface area contributed by atoms with Gasteiger partial charge in [0, 0.05) is 37.6 Å². The zero-order chi connectivity index (χ0) is 19.9. The van der Waals surface area contributed by atoms with E-state index < -0.39 is 10.8 Å². The highest BCUT2D eigenvalue weighted by molar-refractivity contribution is 7.84. The first-order chi connectivity index (χ1) is 13.5. The molecule has 3 rings (SSSR count). The lowest BCUT2D eigenvalue weighted by atomic mass is 10.2. The molecule has 1 aromatic carbocycles. The van der Waals surface area contributed by atoms with Crippen LogP contribution in [0.25, 0.3) is 0 Å². The highest BCUT2D eigenvalue weighted by atomic mass is 32.2. The minimum absolute atomic E-state index is 0.217. The monoisotopic (exact) mass is 403 g/mol. The Kier molecular flexibility index (Phi) is 7.42. The van der Waals surface area contributed by atoms with Crippen molar-refractivity contribution in [2.24, 2.45) is 0 Å². The summed E-state index contributed by atoms with van der Waals surface area (Å²) in [6.45, 7) is 7.97. The predicted molar refractivity (Wildman–Crippen MR) is 111 cm³/mol. The van der Waals surface area contributed by atoms with Gasteiger partial charge in [0.05, 0.1) is 16.6 Å². The number of carbonyl (C=O) groups is 1. The van der Waals surface area contributed by atoms with Gasteiger partial charge in [-0.3, -0.25) is 9.00 Å². The fourth-order valence-corrected chi connectivity index (χ4v) is 4.34. The molecule has 152 valence electrons. The predicted octanol–water partition coefficient (Wildman–Crippen LogP) is 2.26. The van der Waals surface area contributed by atoms with Gasteiger partial charge in [0.25, 0.3) is 5.91 Å². The number of aryl methyl sites for hydroxylation is 1. The summed E-state index contributed by atoms with van der Waals surface area (Å²) in [5.41, 5.74) is 1.07. The Labute approximate surface area is 169 Å². The molecular formula is C21H29N3O3S. The molecule has 0 bridgehead atoms. The molecule has 0 aliphatic carbocycles. The molecule has 1 aromatic heterocycles. The van der Waals surface area contributed by atoms with Crippen LogP contribution in [0.5, 0.6) is 0 Å². The smallest absolute Gasteiger partial charge is 0.286 e. The molecule has 0 saturated carbocycles. The Morgan fingerprint density at radius 2 is 1.96 bits per heavy atom. The summed E-state index contributed by atoms with van der Waals surface area (Å²) in [5, 5.41) is 2.91. The Morgan fingerprint density at radius 3 is 2.71 bits per heavy atom. The number of carbonyl (C=O) groups excluding carboxylic acids is 1. The fraction of sp³-hybridized carbons (Fsp3) is 0.476. The van der Waals surface area contributed by atoms with Crippen LogP contribution in [0.15, 0.2) is 45.7 Å². The van der Waals surface area contributed by atoms with Gasteiger partial charge in [0.2, 0.25) is 0 Å². The molecule has 2 aromatic rings. The van der Waals surface area contributed by atoms with Gasteiger partial charge in [-0.15, -0.1) is 0 Å². The van der Waals surface area contributed by atoms with Gasteiger partial charge in [-0.05, 0) is 56.8 Å². The number of nitrogens with one attached hydrogen (secondary N) is 1. The van der Waals surface area contributed by atoms with Crippen LogP contribution in [-0.4, -0.2) is 66.2 Å². The third kappa shape index (κ3) is 6.02. The van der Waals surface area contributed by atoms with Crippen molar-refractivity contribution in [3.8, 4) is 0 Å². The van der Waals surface area contributed by atoms with Crippen LogP contribution in [0.2, 0.25) is 0 Å². The summed E-state index contributed by atoms with van der Waals surface area (Å²) in [5.74, 6) is 0.879. The maximum Gasteiger partial charge on any atom is 0.286 e. The SMILES string of the molecule is Cc1cccc([S@](=O)Cc2ccc(C(=O)NCCCN3CCN(C)CC3)o2)c1. The molecule has 2 heterocycles. The van der Waals surface area contributed by atoms with Crippen molar-refractivity contribution in [2.75, 3.05) is 46.3 Å². The van der Waals surface area contributed by atoms with E-state index in [9.17, 15) is 9.00 Å². The summed E-state index contributed by atoms with van der Waals surface area (Å²) in [7, 11) is 0.953. The van der Waals surface area contributed by atoms with E-state index in [0.29, 0.717) is 12.3 Å². The standard InChI is InChI=1S/C21H29N3O3S/c1-17-5-3-6-19(15-17)28(26)16-18-7-8-20(27-18)21(25)22-9-4-10-24-13-11-23(2)12-14-24/h3,5-8,15H,4,9-14,16H2,1-2H3,(H,22,25)/t28-/m1/s1. The van der Waals surface area contributed by atoms with Crippen LogP contribution >= 0.6 is 0 Å². The first-order valence-electron chi connectivity index (χ1n) is 9.74. The number of furan rings is 1. The second-order valence-corrected chi connectivity index (χ2v) is 8.78. The second-order valence-electron chi connectivity index (χ2n) is 7.33. The molecule has 28 heavy (non-hydrogen) atoms. The minimum atomic E-state index is -1.19. The zero-order valence-corrected chi connectivity index (χ0v) is 17.5. The van der Waals surface area contributed by atoms with Crippen molar-refractivity contribution >= 4 is 16.7 Å². The summed E-state index contributed by atoms with van der Waals surface area (Å²) >= 11 is 0. The van der Waals surface area contributed by atoms with Crippen LogP contribution in [0.1, 0.15) is 28.3 Å². The molecule has 1 fully saturated rings. The van der Waals surface area contributed by atoms with Gasteiger partial charge in [0.15, 0.2) is 5.76 Å². The van der Waals surface area contributed by atoms with E-state index in [1.54, 1.807) is 12.1 Å². The Hall–Kier alpha value is -1.96. The molecule has 1 N–H and O–H groups in total. The average Bonchev–Trinajstić information content (AvgIpc) is 3.15. The van der Waals surface area contributed by atoms with E-state index in [-0.39, 0.29) is 17.4 Å². The number of nitrogens with zero attached hydrogens (tertiary/aromatic N) is 2. The van der Waals surface area contributed by atoms with Gasteiger partial charge < -0.3 is 19.5 Å². The van der Waals surface area contributed by atoms with Crippen molar-refractivity contribution < 1.29 is 13.4 Å². The lowest BCUT2D eigenvalue weighted by molar-refractivity contribution is 0.0920. The minimum Gasteiger partial charge on any atom is -0.455 e. The third-order valence-corrected chi connectivity index (χ3v) is 6.27. The van der Waals surface area contributed by atoms with E-state index in [1.165, 1.54) is 0 Å². The number of piperazine rings is 1. The molecule has 1 aliphatic rings. The maximum absolute atomic E-state index is 12.5. The molecule has 0 unspecified atom stereocenters. The van der Waals surface area contributed by atoms with E-state index in [4.69, 9.17) is 4.42 Å². The van der Waals surface area contributed by atoms with Gasteiger partial charge >= 0.3 is 0 Å². The quantitative estimate of drug-likeness (QED) is 0.685. The van der Waals surface area contributed by atoms with Gasteiger partial charge in [0.1, 0.15) is 5.76 Å². The van der Waals surface area contributed by atoms with Crippen molar-refractivity contribution in [1.82, 2.24) is 15.1 Å². The Bertz CT molecular complexity index is 813. The summed E-state index contributed by atoms with van der Waals surface area (Å²) in [6.07, 6.45) is 0.917. The number of amides is 1. The fourth-order valence-electron chi connectivity index (χ4n) is 3.21. The van der Waals surface area contributed by atoms with Crippen molar-refractivity contribution in [2.45, 2.75) is 24.0 Å². The number of likely N-dealkylation sites (N-methyl/N-ethyl adjacent to an activating group) is 1. The van der Waals surface area contributed by atoms with Crippen LogP contribution < -0.4 is 5.32 Å². The molecule has 6 nitrogen and oxygen atoms in total. The molecule has 1 atom stereocenters. The zero-order valence-electron chi connectivity index (χ0n) is 16.6. The molecule has 1 aliphatic heterocycles. The number of hydrogen-bond acceptors (Lipinski definition) is 5. The molecule has 1 saturated heterocycles. The highest BCUT2D eigenvalue weighted by Gasteiger charge is 2.15. The van der Waals surface area contributed by atoms with Crippen LogP contribution in [0.4, 0.5) is 0 Å². The summed E-state index contributed by atoms with van der Waals surface area (Å²) in [6, 6.07) is 11.0. The van der Waals surface area contributed by atoms with Gasteiger partial charge in [-0.25, -0.2) is 0 Å². The molecular weight excluding hydrogens is 374 g/mol. The first kappa shape index (κ1) is 20.8. The van der Waals surface area contributed by atoms with E-state index >= 15 is 0 Å². The van der Waals surface area contributed by atoms with Crippen LogP contribution in [-0.2, 0) is 16.6 Å². The molecule has 0 spiro atoms. The van der Waals surface area contributed by atoms with Gasteiger partial charge in [-0.1, -0.05) is 12.1 Å². The second kappa shape index (κ2) is 10.0. The number of benzene rings is 1. The van der Waals surface area contributed by atoms with Crippen molar-refractivity contribution in [3.63, 3.8) is 0 Å². The highest BCUT2D eigenvalue weighted by Crippen LogP contribution is 2.16. The van der Waals surface area contributed by atoms with Crippen molar-refractivity contribution in [1.29, 1.82) is 0 Å². The molecule has 1 amide bonds. The third-order valence-electron chi connectivity index (χ3n) is 4.94. The van der Waals surface area contributed by atoms with E-state index in [2.05, 4.69) is 22.2 Å².